The second-order valence-corrected chi connectivity index (χ2v) is 7.22. The molecule has 1 aliphatic rings. The van der Waals surface area contributed by atoms with E-state index < -0.39 is 26.3 Å². The van der Waals surface area contributed by atoms with Crippen LogP contribution >= 0.6 is 0 Å². The predicted octanol–water partition coefficient (Wildman–Crippen LogP) is 2.37. The summed E-state index contributed by atoms with van der Waals surface area (Å²) >= 11 is 0. The highest BCUT2D eigenvalue weighted by atomic mass is 32.2. The van der Waals surface area contributed by atoms with Gasteiger partial charge in [-0.15, -0.1) is 0 Å². The van der Waals surface area contributed by atoms with Crippen molar-refractivity contribution in [3.8, 4) is 5.75 Å². The van der Waals surface area contributed by atoms with Crippen LogP contribution < -0.4 is 4.74 Å². The van der Waals surface area contributed by atoms with Crippen LogP contribution in [0.25, 0.3) is 0 Å². The van der Waals surface area contributed by atoms with Gasteiger partial charge in [0.2, 0.25) is 0 Å². The molecule has 0 saturated heterocycles. The number of hydrogen-bond donors (Lipinski definition) is 1. The van der Waals surface area contributed by atoms with Crippen molar-refractivity contribution in [1.29, 1.82) is 0 Å². The molecule has 0 saturated carbocycles. The molecule has 23 heavy (non-hydrogen) atoms. The van der Waals surface area contributed by atoms with E-state index in [1.165, 1.54) is 13.2 Å². The van der Waals surface area contributed by atoms with Gasteiger partial charge in [-0.25, -0.2) is 8.42 Å². The van der Waals surface area contributed by atoms with Crippen LogP contribution in [-0.4, -0.2) is 38.9 Å². The number of sulfone groups is 1. The minimum absolute atomic E-state index is 0.149. The van der Waals surface area contributed by atoms with Crippen molar-refractivity contribution in [2.45, 2.75) is 42.4 Å². The molecule has 9 heteroatoms. The lowest BCUT2D eigenvalue weighted by molar-refractivity contribution is -0.0437. The molecule has 1 aromatic rings. The standard InChI is InChI=1S/C14H17F3O5S/c1-8(21-2)7-22-11-5-6-12(23(19,20)14(15,16)17)13-9(11)3-4-10(13)18/h5-6,8,10,18H,3-4,7H2,1-2H3. The second-order valence-electron chi connectivity index (χ2n) is 5.32. The van der Waals surface area contributed by atoms with Crippen molar-refractivity contribution in [3.63, 3.8) is 0 Å². The Morgan fingerprint density at radius 1 is 1.39 bits per heavy atom. The molecule has 0 aliphatic heterocycles. The first-order chi connectivity index (χ1) is 10.6. The van der Waals surface area contributed by atoms with Gasteiger partial charge < -0.3 is 14.6 Å². The maximum Gasteiger partial charge on any atom is 0.501 e. The molecule has 0 radical (unpaired) electrons. The maximum absolute atomic E-state index is 12.8. The Hall–Kier alpha value is -1.32. The average molecular weight is 354 g/mol. The van der Waals surface area contributed by atoms with Gasteiger partial charge in [0.25, 0.3) is 9.84 Å². The fraction of sp³-hybridized carbons (Fsp3) is 0.571. The van der Waals surface area contributed by atoms with Gasteiger partial charge in [-0.3, -0.25) is 0 Å². The molecule has 1 aromatic carbocycles. The number of halogens is 3. The quantitative estimate of drug-likeness (QED) is 0.879. The first kappa shape index (κ1) is 18.0. The number of alkyl halides is 3. The van der Waals surface area contributed by atoms with E-state index in [-0.39, 0.29) is 36.9 Å². The third kappa shape index (κ3) is 3.31. The van der Waals surface area contributed by atoms with Gasteiger partial charge in [0.05, 0.1) is 17.1 Å². The Morgan fingerprint density at radius 2 is 2.04 bits per heavy atom. The van der Waals surface area contributed by atoms with Crippen LogP contribution in [-0.2, 0) is 21.0 Å². The zero-order valence-corrected chi connectivity index (χ0v) is 13.4. The molecule has 2 unspecified atom stereocenters. The van der Waals surface area contributed by atoms with Crippen molar-refractivity contribution >= 4 is 9.84 Å². The highest BCUT2D eigenvalue weighted by Crippen LogP contribution is 2.44. The molecule has 5 nitrogen and oxygen atoms in total. The average Bonchev–Trinajstić information content (AvgIpc) is 2.85. The Labute approximate surface area is 131 Å². The third-order valence-electron chi connectivity index (χ3n) is 3.75. The molecule has 0 fully saturated rings. The second kappa shape index (κ2) is 6.29. The van der Waals surface area contributed by atoms with E-state index in [0.29, 0.717) is 5.56 Å². The predicted molar refractivity (Wildman–Crippen MR) is 74.9 cm³/mol. The smallest absolute Gasteiger partial charge is 0.491 e. The summed E-state index contributed by atoms with van der Waals surface area (Å²) in [4.78, 5) is -0.905. The van der Waals surface area contributed by atoms with E-state index >= 15 is 0 Å². The molecule has 0 amide bonds. The summed E-state index contributed by atoms with van der Waals surface area (Å²) in [6.45, 7) is 1.90. The largest absolute Gasteiger partial charge is 0.501 e. The van der Waals surface area contributed by atoms with Crippen molar-refractivity contribution in [2.24, 2.45) is 0 Å². The Morgan fingerprint density at radius 3 is 2.61 bits per heavy atom. The molecule has 0 bridgehead atoms. The Bertz CT molecular complexity index is 684. The van der Waals surface area contributed by atoms with Gasteiger partial charge in [-0.05, 0) is 31.9 Å². The van der Waals surface area contributed by atoms with Crippen LogP contribution in [0.3, 0.4) is 0 Å². The van der Waals surface area contributed by atoms with Crippen molar-refractivity contribution in [3.05, 3.63) is 23.3 Å². The lowest BCUT2D eigenvalue weighted by atomic mass is 10.1. The van der Waals surface area contributed by atoms with E-state index in [2.05, 4.69) is 0 Å². The summed E-state index contributed by atoms with van der Waals surface area (Å²) in [6.07, 6.45) is -1.11. The highest BCUT2D eigenvalue weighted by Gasteiger charge is 2.49. The molecule has 2 rings (SSSR count). The zero-order valence-electron chi connectivity index (χ0n) is 12.6. The number of hydrogen-bond acceptors (Lipinski definition) is 5. The number of aliphatic hydroxyl groups is 1. The molecule has 1 aliphatic carbocycles. The topological polar surface area (TPSA) is 72.8 Å². The molecule has 2 atom stereocenters. The minimum atomic E-state index is -5.53. The molecule has 0 spiro atoms. The van der Waals surface area contributed by atoms with Gasteiger partial charge >= 0.3 is 5.51 Å². The van der Waals surface area contributed by atoms with Gasteiger partial charge in [0.1, 0.15) is 12.4 Å². The normalized spacial score (nSPS) is 19.5. The maximum atomic E-state index is 12.8. The molecule has 0 heterocycles. The monoisotopic (exact) mass is 354 g/mol. The van der Waals surface area contributed by atoms with Crippen LogP contribution in [0.4, 0.5) is 13.2 Å². The fourth-order valence-electron chi connectivity index (χ4n) is 2.44. The summed E-state index contributed by atoms with van der Waals surface area (Å²) in [5.41, 5.74) is -5.34. The SMILES string of the molecule is COC(C)COc1ccc(S(=O)(=O)C(F)(F)F)c2c1CCC2O. The summed E-state index contributed by atoms with van der Waals surface area (Å²) in [5.74, 6) is 0.265. The van der Waals surface area contributed by atoms with E-state index in [1.807, 2.05) is 0 Å². The Kier molecular flexibility index (Phi) is 4.93. The minimum Gasteiger partial charge on any atom is -0.491 e. The van der Waals surface area contributed by atoms with Crippen LogP contribution in [0.1, 0.15) is 30.6 Å². The van der Waals surface area contributed by atoms with Crippen LogP contribution in [0.15, 0.2) is 17.0 Å². The molecule has 1 N–H and O–H groups in total. The van der Waals surface area contributed by atoms with Gasteiger partial charge in [0, 0.05) is 18.2 Å². The summed E-state index contributed by atoms with van der Waals surface area (Å²) in [5, 5.41) is 9.93. The van der Waals surface area contributed by atoms with E-state index in [1.54, 1.807) is 6.92 Å². The van der Waals surface area contributed by atoms with E-state index in [9.17, 15) is 26.7 Å². The van der Waals surface area contributed by atoms with Crippen molar-refractivity contribution in [2.75, 3.05) is 13.7 Å². The number of rotatable bonds is 5. The molecular weight excluding hydrogens is 337 g/mol. The van der Waals surface area contributed by atoms with Gasteiger partial charge in [-0.1, -0.05) is 0 Å². The lowest BCUT2D eigenvalue weighted by Gasteiger charge is -2.18. The number of benzene rings is 1. The molecule has 0 aromatic heterocycles. The van der Waals surface area contributed by atoms with Crippen LogP contribution in [0.2, 0.25) is 0 Å². The van der Waals surface area contributed by atoms with Crippen LogP contribution in [0.5, 0.6) is 5.75 Å². The van der Waals surface area contributed by atoms with Crippen LogP contribution in [0, 0.1) is 0 Å². The van der Waals surface area contributed by atoms with Gasteiger partial charge in [0.15, 0.2) is 0 Å². The van der Waals surface area contributed by atoms with Crippen molar-refractivity contribution < 1.29 is 36.2 Å². The summed E-state index contributed by atoms with van der Waals surface area (Å²) in [6, 6.07) is 2.03. The van der Waals surface area contributed by atoms with E-state index in [4.69, 9.17) is 9.47 Å². The van der Waals surface area contributed by atoms with E-state index in [0.717, 1.165) is 6.07 Å². The Balaban J connectivity index is 2.48. The first-order valence-electron chi connectivity index (χ1n) is 6.90. The number of methoxy groups -OCH3 is 1. The molecule has 130 valence electrons. The lowest BCUT2D eigenvalue weighted by Crippen LogP contribution is -2.25. The highest BCUT2D eigenvalue weighted by molar-refractivity contribution is 7.92. The number of aliphatic hydroxyl groups excluding tert-OH is 1. The third-order valence-corrected chi connectivity index (χ3v) is 5.29. The van der Waals surface area contributed by atoms with Gasteiger partial charge in [-0.2, -0.15) is 13.2 Å². The molecular formula is C14H17F3O5S. The first-order valence-corrected chi connectivity index (χ1v) is 8.38. The summed E-state index contributed by atoms with van der Waals surface area (Å²) < 4.78 is 72.3. The number of ether oxygens (including phenoxy) is 2. The number of fused-ring (bicyclic) bond motifs is 1. The zero-order chi connectivity index (χ0) is 17.4. The fourth-order valence-corrected chi connectivity index (χ4v) is 3.49. The summed E-state index contributed by atoms with van der Waals surface area (Å²) in [7, 11) is -4.04. The van der Waals surface area contributed by atoms with Crippen molar-refractivity contribution in [1.82, 2.24) is 0 Å².